The zero-order chi connectivity index (χ0) is 15.5. The molecule has 6 heteroatoms. The average molecular weight is 316 g/mol. The predicted molar refractivity (Wildman–Crippen MR) is 89.3 cm³/mol. The van der Waals surface area contributed by atoms with Crippen LogP contribution in [0, 0.1) is 13.8 Å². The molecular formula is C16H20N4OS. The number of guanidine groups is 1. The summed E-state index contributed by atoms with van der Waals surface area (Å²) in [5, 5.41) is 4.36. The molecule has 0 saturated heterocycles. The molecule has 3 rings (SSSR count). The van der Waals surface area contributed by atoms with Crippen molar-refractivity contribution in [2.75, 3.05) is 6.61 Å². The van der Waals surface area contributed by atoms with Gasteiger partial charge in [-0.05, 0) is 19.9 Å². The first-order chi connectivity index (χ1) is 10.6. The second-order valence-corrected chi connectivity index (χ2v) is 6.72. The van der Waals surface area contributed by atoms with Crippen molar-refractivity contribution in [2.45, 2.75) is 32.9 Å². The van der Waals surface area contributed by atoms with E-state index in [2.05, 4.69) is 28.3 Å². The van der Waals surface area contributed by atoms with Crippen LogP contribution >= 0.6 is 11.3 Å². The molecule has 0 fully saturated rings. The number of benzene rings is 1. The summed E-state index contributed by atoms with van der Waals surface area (Å²) in [4.78, 5) is 10.1. The molecule has 1 aliphatic heterocycles. The summed E-state index contributed by atoms with van der Waals surface area (Å²) < 4.78 is 5.65. The highest BCUT2D eigenvalue weighted by Gasteiger charge is 2.21. The van der Waals surface area contributed by atoms with Crippen LogP contribution in [0.4, 0.5) is 0 Å². The van der Waals surface area contributed by atoms with Crippen LogP contribution in [0.1, 0.15) is 33.6 Å². The van der Waals surface area contributed by atoms with Gasteiger partial charge < -0.3 is 15.8 Å². The molecule has 1 aromatic carbocycles. The fourth-order valence-corrected chi connectivity index (χ4v) is 3.42. The smallest absolute Gasteiger partial charge is 0.189 e. The van der Waals surface area contributed by atoms with Gasteiger partial charge in [-0.3, -0.25) is 0 Å². The van der Waals surface area contributed by atoms with Gasteiger partial charge >= 0.3 is 0 Å². The Morgan fingerprint density at radius 1 is 1.45 bits per heavy atom. The lowest BCUT2D eigenvalue weighted by Gasteiger charge is -2.26. The quantitative estimate of drug-likeness (QED) is 0.674. The third kappa shape index (κ3) is 3.22. The summed E-state index contributed by atoms with van der Waals surface area (Å²) in [6, 6.07) is 8.18. The van der Waals surface area contributed by atoms with Crippen molar-refractivity contribution in [1.29, 1.82) is 0 Å². The van der Waals surface area contributed by atoms with Crippen LogP contribution in [0.3, 0.4) is 0 Å². The molecule has 2 aromatic rings. The summed E-state index contributed by atoms with van der Waals surface area (Å²) in [6.45, 7) is 5.27. The van der Waals surface area contributed by atoms with Gasteiger partial charge in [0, 0.05) is 16.9 Å². The molecule has 1 aliphatic rings. The Labute approximate surface area is 134 Å². The molecule has 0 bridgehead atoms. The van der Waals surface area contributed by atoms with Crippen molar-refractivity contribution in [3.63, 3.8) is 0 Å². The Kier molecular flexibility index (Phi) is 4.29. The molecule has 0 saturated carbocycles. The van der Waals surface area contributed by atoms with Crippen molar-refractivity contribution in [2.24, 2.45) is 10.7 Å². The SMILES string of the molecule is Cc1nc(CN=C(N)NC2CCOc3ccccc32)c(C)s1. The van der Waals surface area contributed by atoms with Crippen LogP contribution in [0.15, 0.2) is 29.3 Å². The van der Waals surface area contributed by atoms with E-state index in [1.165, 1.54) is 4.88 Å². The Bertz CT molecular complexity index is 695. The van der Waals surface area contributed by atoms with Gasteiger partial charge in [-0.25, -0.2) is 9.98 Å². The highest BCUT2D eigenvalue weighted by Crippen LogP contribution is 2.31. The molecule has 5 nitrogen and oxygen atoms in total. The van der Waals surface area contributed by atoms with Crippen LogP contribution in [0.5, 0.6) is 5.75 Å². The maximum atomic E-state index is 6.04. The van der Waals surface area contributed by atoms with Crippen LogP contribution in [-0.4, -0.2) is 17.6 Å². The first-order valence-corrected chi connectivity index (χ1v) is 8.16. The van der Waals surface area contributed by atoms with E-state index in [1.807, 2.05) is 25.1 Å². The summed E-state index contributed by atoms with van der Waals surface area (Å²) in [5.74, 6) is 1.37. The number of aromatic nitrogens is 1. The number of nitrogens with one attached hydrogen (secondary N) is 1. The zero-order valence-electron chi connectivity index (χ0n) is 12.8. The standard InChI is InChI=1S/C16H20N4OS/c1-10-14(19-11(2)22-10)9-18-16(17)20-13-7-8-21-15-6-4-3-5-12(13)15/h3-6,13H,7-9H2,1-2H3,(H3,17,18,20). The van der Waals surface area contributed by atoms with Crippen molar-refractivity contribution in [1.82, 2.24) is 10.3 Å². The topological polar surface area (TPSA) is 72.5 Å². The number of para-hydroxylation sites is 1. The minimum atomic E-state index is 0.145. The number of aliphatic imine (C=N–C) groups is 1. The highest BCUT2D eigenvalue weighted by atomic mass is 32.1. The number of nitrogens with two attached hydrogens (primary N) is 1. The van der Waals surface area contributed by atoms with E-state index in [4.69, 9.17) is 10.5 Å². The van der Waals surface area contributed by atoms with Crippen molar-refractivity contribution in [3.05, 3.63) is 45.4 Å². The van der Waals surface area contributed by atoms with E-state index in [9.17, 15) is 0 Å². The lowest BCUT2D eigenvalue weighted by molar-refractivity contribution is 0.262. The van der Waals surface area contributed by atoms with E-state index in [1.54, 1.807) is 11.3 Å². The molecule has 3 N–H and O–H groups in total. The fourth-order valence-electron chi connectivity index (χ4n) is 2.59. The molecule has 116 valence electrons. The minimum Gasteiger partial charge on any atom is -0.493 e. The summed E-state index contributed by atoms with van der Waals surface area (Å²) in [6.07, 6.45) is 0.877. The van der Waals surface area contributed by atoms with Gasteiger partial charge in [-0.2, -0.15) is 0 Å². The molecule has 0 amide bonds. The largest absolute Gasteiger partial charge is 0.493 e. The third-order valence-electron chi connectivity index (χ3n) is 3.68. The van der Waals surface area contributed by atoms with Crippen molar-refractivity contribution < 1.29 is 4.74 Å². The monoisotopic (exact) mass is 316 g/mol. The number of nitrogens with zero attached hydrogens (tertiary/aromatic N) is 2. The van der Waals surface area contributed by atoms with Gasteiger partial charge in [0.1, 0.15) is 5.75 Å². The Morgan fingerprint density at radius 3 is 3.05 bits per heavy atom. The molecule has 1 unspecified atom stereocenters. The molecular weight excluding hydrogens is 296 g/mol. The molecule has 0 spiro atoms. The summed E-state index contributed by atoms with van der Waals surface area (Å²) in [5.41, 5.74) is 8.17. The van der Waals surface area contributed by atoms with Gasteiger partial charge in [-0.1, -0.05) is 18.2 Å². The van der Waals surface area contributed by atoms with Gasteiger partial charge in [0.15, 0.2) is 5.96 Å². The molecule has 0 aliphatic carbocycles. The van der Waals surface area contributed by atoms with Gasteiger partial charge in [0.05, 0.1) is 29.9 Å². The van der Waals surface area contributed by atoms with Crippen LogP contribution < -0.4 is 15.8 Å². The van der Waals surface area contributed by atoms with Gasteiger partial charge in [-0.15, -0.1) is 11.3 Å². The van der Waals surface area contributed by atoms with Crippen molar-refractivity contribution in [3.8, 4) is 5.75 Å². The molecule has 1 aromatic heterocycles. The van der Waals surface area contributed by atoms with E-state index in [0.717, 1.165) is 28.4 Å². The Balaban J connectivity index is 1.68. The molecule has 0 radical (unpaired) electrons. The zero-order valence-corrected chi connectivity index (χ0v) is 13.6. The molecule has 2 heterocycles. The number of aryl methyl sites for hydroxylation is 2. The minimum absolute atomic E-state index is 0.145. The second-order valence-electron chi connectivity index (χ2n) is 5.31. The first kappa shape index (κ1) is 14.8. The lowest BCUT2D eigenvalue weighted by Crippen LogP contribution is -2.37. The van der Waals surface area contributed by atoms with E-state index in [0.29, 0.717) is 19.1 Å². The maximum Gasteiger partial charge on any atom is 0.189 e. The molecule has 1 atom stereocenters. The van der Waals surface area contributed by atoms with Crippen LogP contribution in [-0.2, 0) is 6.54 Å². The van der Waals surface area contributed by atoms with Crippen LogP contribution in [0.2, 0.25) is 0 Å². The summed E-state index contributed by atoms with van der Waals surface area (Å²) >= 11 is 1.69. The Morgan fingerprint density at radius 2 is 2.27 bits per heavy atom. The number of rotatable bonds is 3. The highest BCUT2D eigenvalue weighted by molar-refractivity contribution is 7.11. The third-order valence-corrected chi connectivity index (χ3v) is 4.61. The molecule has 22 heavy (non-hydrogen) atoms. The number of thiazole rings is 1. The normalized spacial score (nSPS) is 17.7. The predicted octanol–water partition coefficient (Wildman–Crippen LogP) is 2.69. The number of hydrogen-bond donors (Lipinski definition) is 2. The summed E-state index contributed by atoms with van der Waals surface area (Å²) in [7, 11) is 0. The maximum absolute atomic E-state index is 6.04. The van der Waals surface area contributed by atoms with Gasteiger partial charge in [0.25, 0.3) is 0 Å². The number of hydrogen-bond acceptors (Lipinski definition) is 4. The van der Waals surface area contributed by atoms with Crippen LogP contribution in [0.25, 0.3) is 0 Å². The number of fused-ring (bicyclic) bond motifs is 1. The average Bonchev–Trinajstić information content (AvgIpc) is 2.83. The fraction of sp³-hybridized carbons (Fsp3) is 0.375. The second kappa shape index (κ2) is 6.36. The number of ether oxygens (including phenoxy) is 1. The lowest BCUT2D eigenvalue weighted by atomic mass is 10.0. The Hall–Kier alpha value is -2.08. The van der Waals surface area contributed by atoms with Crippen molar-refractivity contribution >= 4 is 17.3 Å². The first-order valence-electron chi connectivity index (χ1n) is 7.34. The van der Waals surface area contributed by atoms with E-state index < -0.39 is 0 Å². The van der Waals surface area contributed by atoms with E-state index >= 15 is 0 Å². The van der Waals surface area contributed by atoms with E-state index in [-0.39, 0.29) is 6.04 Å². The van der Waals surface area contributed by atoms with Gasteiger partial charge in [0.2, 0.25) is 0 Å².